The number of hydrogen-bond donors (Lipinski definition) is 0. The van der Waals surface area contributed by atoms with Crippen molar-refractivity contribution in [3.63, 3.8) is 0 Å². The molecule has 1 fully saturated rings. The Morgan fingerprint density at radius 2 is 2.14 bits per heavy atom. The van der Waals surface area contributed by atoms with Gasteiger partial charge < -0.3 is 4.42 Å². The molecule has 3 aromatic heterocycles. The molecule has 4 rings (SSSR count). The molecule has 5 heteroatoms. The van der Waals surface area contributed by atoms with E-state index in [1.54, 1.807) is 17.6 Å². The van der Waals surface area contributed by atoms with Gasteiger partial charge in [0, 0.05) is 17.5 Å². The average molecular weight is 316 g/mol. The molecule has 0 aromatic carbocycles. The number of thiophene rings is 2. The zero-order valence-corrected chi connectivity index (χ0v) is 13.2. The zero-order chi connectivity index (χ0) is 14.1. The van der Waals surface area contributed by atoms with Crippen molar-refractivity contribution < 1.29 is 4.42 Å². The van der Waals surface area contributed by atoms with Gasteiger partial charge >= 0.3 is 0 Å². The van der Waals surface area contributed by atoms with E-state index in [2.05, 4.69) is 27.4 Å². The molecule has 0 aliphatic carbocycles. The second kappa shape index (κ2) is 5.75. The second-order valence-corrected chi connectivity index (χ2v) is 7.19. The topological polar surface area (TPSA) is 29.3 Å². The largest absolute Gasteiger partial charge is 0.444 e. The Morgan fingerprint density at radius 3 is 2.95 bits per heavy atom. The third kappa shape index (κ3) is 2.69. The van der Waals surface area contributed by atoms with Gasteiger partial charge in [0.05, 0.1) is 10.6 Å². The first-order valence-corrected chi connectivity index (χ1v) is 8.92. The van der Waals surface area contributed by atoms with Gasteiger partial charge in [-0.25, -0.2) is 4.98 Å². The van der Waals surface area contributed by atoms with E-state index in [0.717, 1.165) is 29.6 Å². The number of likely N-dealkylation sites (tertiary alicyclic amines) is 1. The van der Waals surface area contributed by atoms with Crippen LogP contribution in [-0.2, 0) is 6.54 Å². The first-order chi connectivity index (χ1) is 10.4. The summed E-state index contributed by atoms with van der Waals surface area (Å²) in [6.07, 6.45) is 4.31. The smallest absolute Gasteiger partial charge is 0.236 e. The van der Waals surface area contributed by atoms with Crippen LogP contribution in [0.5, 0.6) is 0 Å². The van der Waals surface area contributed by atoms with Crippen molar-refractivity contribution in [2.45, 2.75) is 25.4 Å². The molecule has 0 spiro atoms. The molecule has 1 aliphatic rings. The van der Waals surface area contributed by atoms with Crippen LogP contribution in [0.4, 0.5) is 0 Å². The van der Waals surface area contributed by atoms with Crippen LogP contribution in [0.15, 0.2) is 45.7 Å². The number of aromatic nitrogens is 1. The highest BCUT2D eigenvalue weighted by atomic mass is 32.1. The minimum absolute atomic E-state index is 0.548. The summed E-state index contributed by atoms with van der Waals surface area (Å²) in [6.45, 7) is 2.02. The van der Waals surface area contributed by atoms with Gasteiger partial charge in [-0.15, -0.1) is 22.7 Å². The summed E-state index contributed by atoms with van der Waals surface area (Å²) in [6, 6.07) is 9.00. The van der Waals surface area contributed by atoms with E-state index in [1.165, 1.54) is 17.7 Å². The average Bonchev–Trinajstić information content (AvgIpc) is 3.28. The fraction of sp³-hybridized carbons (Fsp3) is 0.312. The quantitative estimate of drug-likeness (QED) is 0.692. The lowest BCUT2D eigenvalue weighted by Crippen LogP contribution is -2.22. The Hall–Kier alpha value is -1.43. The van der Waals surface area contributed by atoms with Crippen molar-refractivity contribution in [2.75, 3.05) is 6.54 Å². The van der Waals surface area contributed by atoms with Gasteiger partial charge in [-0.2, -0.15) is 0 Å². The zero-order valence-electron chi connectivity index (χ0n) is 11.6. The first kappa shape index (κ1) is 13.2. The molecule has 3 aromatic rings. The van der Waals surface area contributed by atoms with Crippen LogP contribution in [0.1, 0.15) is 29.5 Å². The van der Waals surface area contributed by atoms with Crippen molar-refractivity contribution in [1.29, 1.82) is 0 Å². The van der Waals surface area contributed by atoms with E-state index < -0.39 is 0 Å². The van der Waals surface area contributed by atoms with Crippen LogP contribution < -0.4 is 0 Å². The van der Waals surface area contributed by atoms with Gasteiger partial charge in [0.25, 0.3) is 0 Å². The Kier molecular flexibility index (Phi) is 3.63. The summed E-state index contributed by atoms with van der Waals surface area (Å²) in [7, 11) is 0. The van der Waals surface area contributed by atoms with E-state index in [9.17, 15) is 0 Å². The van der Waals surface area contributed by atoms with E-state index in [1.807, 2.05) is 28.8 Å². The highest BCUT2D eigenvalue weighted by molar-refractivity contribution is 7.13. The lowest BCUT2D eigenvalue weighted by atomic mass is 10.2. The summed E-state index contributed by atoms with van der Waals surface area (Å²) in [5.74, 6) is 0.742. The molecule has 0 amide bonds. The number of oxazole rings is 1. The molecule has 0 bridgehead atoms. The van der Waals surface area contributed by atoms with E-state index in [-0.39, 0.29) is 0 Å². The van der Waals surface area contributed by atoms with Crippen LogP contribution in [0.3, 0.4) is 0 Å². The summed E-state index contributed by atoms with van der Waals surface area (Å²) in [4.78, 5) is 9.72. The predicted octanol–water partition coefficient (Wildman–Crippen LogP) is 4.80. The lowest BCUT2D eigenvalue weighted by molar-refractivity contribution is 0.248. The van der Waals surface area contributed by atoms with Gasteiger partial charge in [0.15, 0.2) is 0 Å². The monoisotopic (exact) mass is 316 g/mol. The van der Waals surface area contributed by atoms with Crippen molar-refractivity contribution in [2.24, 2.45) is 0 Å². The van der Waals surface area contributed by atoms with Crippen LogP contribution in [0, 0.1) is 0 Å². The number of nitrogens with zero attached hydrogens (tertiary/aromatic N) is 2. The molecule has 1 saturated heterocycles. The van der Waals surface area contributed by atoms with Gasteiger partial charge in [0.2, 0.25) is 5.89 Å². The van der Waals surface area contributed by atoms with E-state index in [4.69, 9.17) is 4.42 Å². The standard InChI is InChI=1S/C16H16N2OS2/c1-4-13(14-5-2-8-20-14)18(7-1)10-12-11-19-16(17-12)15-6-3-9-21-15/h2-3,5-6,8-9,11,13H,1,4,7,10H2/t13-/m1/s1. The molecular weight excluding hydrogens is 300 g/mol. The van der Waals surface area contributed by atoms with Crippen molar-refractivity contribution in [3.05, 3.63) is 51.9 Å². The van der Waals surface area contributed by atoms with E-state index in [0.29, 0.717) is 6.04 Å². The van der Waals surface area contributed by atoms with E-state index >= 15 is 0 Å². The summed E-state index contributed by atoms with van der Waals surface area (Å²) < 4.78 is 5.62. The van der Waals surface area contributed by atoms with Crippen molar-refractivity contribution in [1.82, 2.24) is 9.88 Å². The van der Waals surface area contributed by atoms with Gasteiger partial charge in [-0.1, -0.05) is 12.1 Å². The highest BCUT2D eigenvalue weighted by Gasteiger charge is 2.27. The predicted molar refractivity (Wildman–Crippen MR) is 86.5 cm³/mol. The van der Waals surface area contributed by atoms with Crippen LogP contribution in [0.2, 0.25) is 0 Å². The lowest BCUT2D eigenvalue weighted by Gasteiger charge is -2.22. The molecule has 0 unspecified atom stereocenters. The molecule has 0 radical (unpaired) electrons. The Morgan fingerprint density at radius 1 is 1.24 bits per heavy atom. The first-order valence-electron chi connectivity index (χ1n) is 7.16. The summed E-state index contributed by atoms with van der Waals surface area (Å²) >= 11 is 3.52. The molecule has 3 nitrogen and oxygen atoms in total. The minimum atomic E-state index is 0.548. The fourth-order valence-corrected chi connectivity index (χ4v) is 4.47. The van der Waals surface area contributed by atoms with Gasteiger partial charge in [-0.3, -0.25) is 4.90 Å². The molecule has 108 valence electrons. The minimum Gasteiger partial charge on any atom is -0.444 e. The van der Waals surface area contributed by atoms with Crippen LogP contribution >= 0.6 is 22.7 Å². The molecular formula is C16H16N2OS2. The SMILES string of the molecule is c1csc(-c2nc(CN3CCC[C@@H]3c3cccs3)co2)c1. The maximum atomic E-state index is 5.62. The van der Waals surface area contributed by atoms with Crippen molar-refractivity contribution in [3.8, 4) is 10.8 Å². The second-order valence-electron chi connectivity index (χ2n) is 5.27. The fourth-order valence-electron chi connectivity index (χ4n) is 2.92. The van der Waals surface area contributed by atoms with Gasteiger partial charge in [0.1, 0.15) is 6.26 Å². The maximum absolute atomic E-state index is 5.62. The van der Waals surface area contributed by atoms with Crippen molar-refractivity contribution >= 4 is 22.7 Å². The summed E-state index contributed by atoms with van der Waals surface area (Å²) in [5, 5.41) is 4.21. The van der Waals surface area contributed by atoms with Crippen LogP contribution in [0.25, 0.3) is 10.8 Å². The summed E-state index contributed by atoms with van der Waals surface area (Å²) in [5.41, 5.74) is 1.03. The molecule has 0 saturated carbocycles. The maximum Gasteiger partial charge on any atom is 0.236 e. The molecule has 4 heterocycles. The number of rotatable bonds is 4. The Labute approximate surface area is 131 Å². The Balaban J connectivity index is 1.51. The molecule has 0 N–H and O–H groups in total. The number of hydrogen-bond acceptors (Lipinski definition) is 5. The molecule has 1 aliphatic heterocycles. The third-order valence-corrected chi connectivity index (χ3v) is 5.72. The molecule has 21 heavy (non-hydrogen) atoms. The molecule has 1 atom stereocenters. The Bertz CT molecular complexity index is 688. The highest BCUT2D eigenvalue weighted by Crippen LogP contribution is 2.35. The normalized spacial score (nSPS) is 19.3. The van der Waals surface area contributed by atoms with Gasteiger partial charge in [-0.05, 0) is 42.3 Å². The third-order valence-electron chi connectivity index (χ3n) is 3.88. The van der Waals surface area contributed by atoms with Crippen LogP contribution in [-0.4, -0.2) is 16.4 Å².